The van der Waals surface area contributed by atoms with Gasteiger partial charge in [0, 0.05) is 19.4 Å². The van der Waals surface area contributed by atoms with Crippen LogP contribution in [0, 0.1) is 10.8 Å². The lowest BCUT2D eigenvalue weighted by atomic mass is 9.59. The lowest BCUT2D eigenvalue weighted by molar-refractivity contribution is -0.150. The quantitative estimate of drug-likeness (QED) is 0.364. The molecule has 29 heavy (non-hydrogen) atoms. The van der Waals surface area contributed by atoms with Gasteiger partial charge in [-0.3, -0.25) is 9.59 Å². The van der Waals surface area contributed by atoms with Crippen LogP contribution in [0.4, 0.5) is 0 Å². The molecule has 3 rings (SSSR count). The van der Waals surface area contributed by atoms with Gasteiger partial charge < -0.3 is 9.80 Å². The highest BCUT2D eigenvalue weighted by Gasteiger charge is 2.54. The van der Waals surface area contributed by atoms with Gasteiger partial charge in [-0.2, -0.15) is 0 Å². The first-order valence-electron chi connectivity index (χ1n) is 12.5. The van der Waals surface area contributed by atoms with Crippen LogP contribution >= 0.6 is 0 Å². The van der Waals surface area contributed by atoms with Crippen molar-refractivity contribution in [3.8, 4) is 0 Å². The van der Waals surface area contributed by atoms with Crippen LogP contribution in [0.2, 0.25) is 0 Å². The predicted molar refractivity (Wildman–Crippen MR) is 119 cm³/mol. The second-order valence-electron chi connectivity index (χ2n) is 10.3. The van der Waals surface area contributed by atoms with Crippen molar-refractivity contribution in [1.82, 2.24) is 9.80 Å². The van der Waals surface area contributed by atoms with Crippen LogP contribution in [0.25, 0.3) is 0 Å². The van der Waals surface area contributed by atoms with Crippen molar-refractivity contribution < 1.29 is 9.59 Å². The summed E-state index contributed by atoms with van der Waals surface area (Å²) in [6, 6.07) is 0. The highest BCUT2D eigenvalue weighted by Crippen LogP contribution is 2.49. The molecule has 3 fully saturated rings. The lowest BCUT2D eigenvalue weighted by Gasteiger charge is -2.42. The largest absolute Gasteiger partial charge is 0.303 e. The molecule has 2 heterocycles. The zero-order chi connectivity index (χ0) is 20.7. The van der Waals surface area contributed by atoms with Crippen molar-refractivity contribution >= 4 is 11.6 Å². The molecule has 4 heteroatoms. The molecule has 4 nitrogen and oxygen atoms in total. The molecule has 0 aromatic heterocycles. The van der Waals surface area contributed by atoms with Gasteiger partial charge in [0.15, 0.2) is 0 Å². The molecule has 0 atom stereocenters. The molecule has 1 aliphatic carbocycles. The van der Waals surface area contributed by atoms with Gasteiger partial charge in [0.2, 0.25) is 0 Å². The number of likely N-dealkylation sites (tertiary alicyclic amines) is 2. The van der Waals surface area contributed by atoms with Crippen LogP contribution in [0.5, 0.6) is 0 Å². The molecule has 2 aliphatic heterocycles. The maximum absolute atomic E-state index is 13.2. The van der Waals surface area contributed by atoms with Gasteiger partial charge in [0.05, 0.1) is 5.41 Å². The number of hydrogen-bond donors (Lipinski definition) is 0. The molecule has 1 saturated carbocycles. The molecule has 166 valence electrons. The number of unbranched alkanes of at least 4 members (excludes halogenated alkanes) is 3. The Morgan fingerprint density at radius 3 is 1.86 bits per heavy atom. The molecule has 0 N–H and O–H groups in total. The summed E-state index contributed by atoms with van der Waals surface area (Å²) in [4.78, 5) is 31.5. The van der Waals surface area contributed by atoms with Crippen molar-refractivity contribution in [2.45, 2.75) is 97.3 Å². The van der Waals surface area contributed by atoms with Crippen LogP contribution in [-0.2, 0) is 9.59 Å². The fourth-order valence-electron chi connectivity index (χ4n) is 6.31. The summed E-state index contributed by atoms with van der Waals surface area (Å²) in [7, 11) is 0. The lowest BCUT2D eigenvalue weighted by Crippen LogP contribution is -2.50. The minimum Gasteiger partial charge on any atom is -0.303 e. The zero-order valence-corrected chi connectivity index (χ0v) is 19.1. The fourth-order valence-corrected chi connectivity index (χ4v) is 6.31. The normalized spacial score (nSPS) is 24.8. The molecule has 0 amide bonds. The van der Waals surface area contributed by atoms with E-state index in [1.54, 1.807) is 0 Å². The third-order valence-electron chi connectivity index (χ3n) is 7.91. The second-order valence-corrected chi connectivity index (χ2v) is 10.3. The van der Waals surface area contributed by atoms with Crippen LogP contribution in [0.1, 0.15) is 97.3 Å². The average molecular weight is 405 g/mol. The fraction of sp³-hybridized carbons (Fsp3) is 0.920. The Labute approximate surface area is 178 Å². The van der Waals surface area contributed by atoms with Gasteiger partial charge in [-0.25, -0.2) is 0 Å². The van der Waals surface area contributed by atoms with Crippen molar-refractivity contribution in [2.24, 2.45) is 10.8 Å². The maximum atomic E-state index is 13.2. The minimum atomic E-state index is -0.641. The van der Waals surface area contributed by atoms with Gasteiger partial charge in [0.1, 0.15) is 11.6 Å². The second kappa shape index (κ2) is 10.5. The maximum Gasteiger partial charge on any atom is 0.147 e. The SMILES string of the molecule is CCCC1(CCC)C(=O)CC2(CCN(CCCCCCN3CCCC3)C2)CC1=O. The molecule has 0 aromatic carbocycles. The number of nitrogens with zero attached hydrogens (tertiary/aromatic N) is 2. The summed E-state index contributed by atoms with van der Waals surface area (Å²) in [5, 5.41) is 0. The van der Waals surface area contributed by atoms with E-state index in [-0.39, 0.29) is 17.0 Å². The van der Waals surface area contributed by atoms with E-state index in [0.29, 0.717) is 12.8 Å². The van der Waals surface area contributed by atoms with E-state index >= 15 is 0 Å². The summed E-state index contributed by atoms with van der Waals surface area (Å²) in [6.07, 6.45) is 13.7. The van der Waals surface area contributed by atoms with E-state index in [9.17, 15) is 9.59 Å². The topological polar surface area (TPSA) is 40.6 Å². The molecular weight excluding hydrogens is 360 g/mol. The Hall–Kier alpha value is -0.740. The highest BCUT2D eigenvalue weighted by atomic mass is 16.2. The summed E-state index contributed by atoms with van der Waals surface area (Å²) >= 11 is 0. The zero-order valence-electron chi connectivity index (χ0n) is 19.1. The van der Waals surface area contributed by atoms with Crippen LogP contribution in [-0.4, -0.2) is 60.6 Å². The molecule has 0 bridgehead atoms. The first kappa shape index (κ1) is 22.9. The minimum absolute atomic E-state index is 0.0467. The summed E-state index contributed by atoms with van der Waals surface area (Å²) < 4.78 is 0. The van der Waals surface area contributed by atoms with E-state index < -0.39 is 5.41 Å². The van der Waals surface area contributed by atoms with E-state index in [1.165, 1.54) is 58.2 Å². The third-order valence-corrected chi connectivity index (χ3v) is 7.91. The van der Waals surface area contributed by atoms with E-state index in [4.69, 9.17) is 0 Å². The number of rotatable bonds is 11. The number of ketones is 2. The Morgan fingerprint density at radius 2 is 1.31 bits per heavy atom. The Bertz CT molecular complexity index is 527. The van der Waals surface area contributed by atoms with Crippen molar-refractivity contribution in [1.29, 1.82) is 0 Å². The van der Waals surface area contributed by atoms with Crippen molar-refractivity contribution in [2.75, 3.05) is 39.3 Å². The number of carbonyl (C=O) groups is 2. The van der Waals surface area contributed by atoms with E-state index in [1.807, 2.05) is 0 Å². The van der Waals surface area contributed by atoms with Gasteiger partial charge in [0.25, 0.3) is 0 Å². The molecule has 1 spiro atoms. The van der Waals surface area contributed by atoms with Gasteiger partial charge >= 0.3 is 0 Å². The average Bonchev–Trinajstić information content (AvgIpc) is 3.33. The van der Waals surface area contributed by atoms with Gasteiger partial charge in [-0.1, -0.05) is 39.5 Å². The van der Waals surface area contributed by atoms with Crippen LogP contribution in [0.3, 0.4) is 0 Å². The van der Waals surface area contributed by atoms with Crippen molar-refractivity contribution in [3.05, 3.63) is 0 Å². The van der Waals surface area contributed by atoms with E-state index in [2.05, 4.69) is 23.6 Å². The smallest absolute Gasteiger partial charge is 0.147 e. The monoisotopic (exact) mass is 404 g/mol. The first-order valence-corrected chi connectivity index (χ1v) is 12.5. The first-order chi connectivity index (χ1) is 14.0. The molecule has 0 aromatic rings. The number of carbonyl (C=O) groups excluding carboxylic acids is 2. The Balaban J connectivity index is 1.40. The number of hydrogen-bond acceptors (Lipinski definition) is 4. The summed E-state index contributed by atoms with van der Waals surface area (Å²) in [5.41, 5.74) is -0.688. The Morgan fingerprint density at radius 1 is 0.759 bits per heavy atom. The molecule has 3 aliphatic rings. The van der Waals surface area contributed by atoms with E-state index in [0.717, 1.165) is 51.7 Å². The summed E-state index contributed by atoms with van der Waals surface area (Å²) in [5.74, 6) is 0.530. The Kier molecular flexibility index (Phi) is 8.32. The molecular formula is C25H44N2O2. The predicted octanol–water partition coefficient (Wildman–Crippen LogP) is 4.85. The van der Waals surface area contributed by atoms with Crippen LogP contribution in [0.15, 0.2) is 0 Å². The molecule has 2 saturated heterocycles. The number of Topliss-reactive ketones (excluding diaryl/α,β-unsaturated/α-hetero) is 2. The third kappa shape index (κ3) is 5.50. The summed E-state index contributed by atoms with van der Waals surface area (Å²) in [6.45, 7) is 11.3. The van der Waals surface area contributed by atoms with Gasteiger partial charge in [-0.05, 0) is 83.1 Å². The van der Waals surface area contributed by atoms with Crippen molar-refractivity contribution in [3.63, 3.8) is 0 Å². The highest BCUT2D eigenvalue weighted by molar-refractivity contribution is 6.09. The van der Waals surface area contributed by atoms with Gasteiger partial charge in [-0.15, -0.1) is 0 Å². The molecule has 0 unspecified atom stereocenters. The standard InChI is InChI=1S/C25H44N2O2/c1-3-11-25(12-4-2)22(28)19-24(20-23(25)29)13-18-27(21-24)17-8-6-5-7-14-26-15-9-10-16-26/h3-21H2,1-2H3. The van der Waals surface area contributed by atoms with Crippen LogP contribution < -0.4 is 0 Å². The molecule has 0 radical (unpaired) electrons.